The van der Waals surface area contributed by atoms with Crippen LogP contribution in [0.3, 0.4) is 0 Å². The molecule has 1 saturated carbocycles. The van der Waals surface area contributed by atoms with Crippen LogP contribution < -0.4 is 10.5 Å². The molecule has 1 aromatic carbocycles. The maximum atomic E-state index is 14.3. The first-order valence-electron chi connectivity index (χ1n) is 14.2. The molecule has 0 radical (unpaired) electrons. The van der Waals surface area contributed by atoms with Crippen molar-refractivity contribution in [1.82, 2.24) is 29.0 Å². The number of anilines is 1. The quantitative estimate of drug-likeness (QED) is 0.364. The van der Waals surface area contributed by atoms with Crippen molar-refractivity contribution in [3.8, 4) is 11.1 Å². The number of piperazine rings is 1. The lowest BCUT2D eigenvalue weighted by Crippen LogP contribution is -2.51. The first-order chi connectivity index (χ1) is 20.0. The number of pyridine rings is 1. The third-order valence-electron chi connectivity index (χ3n) is 9.21. The van der Waals surface area contributed by atoms with Gasteiger partial charge in [-0.15, -0.1) is 10.2 Å². The van der Waals surface area contributed by atoms with Crippen LogP contribution in [0.2, 0.25) is 0 Å². The van der Waals surface area contributed by atoms with E-state index in [1.165, 1.54) is 12.4 Å². The molecule has 1 amide bonds. The van der Waals surface area contributed by atoms with E-state index < -0.39 is 22.9 Å². The lowest BCUT2D eigenvalue weighted by Gasteiger charge is -2.46. The number of nitrogens with zero attached hydrogens (tertiary/aromatic N) is 7. The summed E-state index contributed by atoms with van der Waals surface area (Å²) in [6.45, 7) is 3.42. The van der Waals surface area contributed by atoms with Gasteiger partial charge in [-0.05, 0) is 48.4 Å². The standard InChI is InChI=1S/C30H30F3N7O2/c1-18-12-29(13-18,28-36-35-17-37(28)2)20-5-3-4-19(10-20)23-14-34-26-24(30(31,32)33)11-22(16-40(26)27(23)42)38-8-9-39-21(15-38)6-7-25(39)41/h3-5,10-11,14,16-18,21H,6-9,12-13,15H2,1-2H3. The predicted octanol–water partition coefficient (Wildman–Crippen LogP) is 4.04. The largest absolute Gasteiger partial charge is 0.420 e. The van der Waals surface area contributed by atoms with Gasteiger partial charge in [-0.1, -0.05) is 25.1 Å². The average molecular weight is 578 g/mol. The summed E-state index contributed by atoms with van der Waals surface area (Å²) in [6, 6.07) is 8.60. The van der Waals surface area contributed by atoms with Crippen LogP contribution in [0.4, 0.5) is 18.9 Å². The minimum atomic E-state index is -4.71. The highest BCUT2D eigenvalue weighted by Gasteiger charge is 2.48. The summed E-state index contributed by atoms with van der Waals surface area (Å²) in [5, 5.41) is 8.47. The number of carbonyl (C=O) groups excluding carboxylic acids is 1. The molecule has 3 fully saturated rings. The zero-order valence-electron chi connectivity index (χ0n) is 23.3. The number of hydrogen-bond donors (Lipinski definition) is 0. The van der Waals surface area contributed by atoms with E-state index in [0.29, 0.717) is 44.0 Å². The van der Waals surface area contributed by atoms with Crippen molar-refractivity contribution < 1.29 is 18.0 Å². The Bertz CT molecular complexity index is 1770. The Hall–Kier alpha value is -4.22. The molecule has 42 heavy (non-hydrogen) atoms. The second kappa shape index (κ2) is 9.40. The number of aryl methyl sites for hydroxylation is 1. The van der Waals surface area contributed by atoms with E-state index in [9.17, 15) is 22.8 Å². The monoisotopic (exact) mass is 577 g/mol. The van der Waals surface area contributed by atoms with Crippen LogP contribution in [0.5, 0.6) is 0 Å². The van der Waals surface area contributed by atoms with E-state index in [1.54, 1.807) is 17.3 Å². The molecule has 0 N–H and O–H groups in total. The van der Waals surface area contributed by atoms with E-state index in [-0.39, 0.29) is 28.6 Å². The number of hydrogen-bond acceptors (Lipinski definition) is 6. The molecule has 5 heterocycles. The number of aromatic nitrogens is 5. The van der Waals surface area contributed by atoms with Crippen molar-refractivity contribution in [2.24, 2.45) is 13.0 Å². The number of amides is 1. The highest BCUT2D eigenvalue weighted by atomic mass is 19.4. The molecule has 0 bridgehead atoms. The number of alkyl halides is 3. The van der Waals surface area contributed by atoms with Crippen molar-refractivity contribution in [1.29, 1.82) is 0 Å². The zero-order valence-corrected chi connectivity index (χ0v) is 23.3. The molecule has 1 atom stereocenters. The summed E-state index contributed by atoms with van der Waals surface area (Å²) in [5.41, 5.74) is -0.277. The zero-order chi connectivity index (χ0) is 29.4. The van der Waals surface area contributed by atoms with Gasteiger partial charge in [0.05, 0.1) is 16.7 Å². The molecule has 3 aromatic heterocycles. The van der Waals surface area contributed by atoms with Crippen LogP contribution in [0.15, 0.2) is 53.8 Å². The predicted molar refractivity (Wildman–Crippen MR) is 149 cm³/mol. The molecule has 1 unspecified atom stereocenters. The third-order valence-corrected chi connectivity index (χ3v) is 9.21. The topological polar surface area (TPSA) is 88.6 Å². The molecule has 4 aromatic rings. The van der Waals surface area contributed by atoms with Gasteiger partial charge in [0.1, 0.15) is 17.7 Å². The lowest BCUT2D eigenvalue weighted by atomic mass is 9.58. The highest BCUT2D eigenvalue weighted by molar-refractivity contribution is 5.79. The number of benzene rings is 1. The fraction of sp³-hybridized carbons (Fsp3) is 0.433. The minimum absolute atomic E-state index is 0.0457. The molecule has 12 heteroatoms. The van der Waals surface area contributed by atoms with Crippen LogP contribution in [0.25, 0.3) is 16.8 Å². The molecule has 7 rings (SSSR count). The van der Waals surface area contributed by atoms with Crippen LogP contribution in [-0.2, 0) is 23.4 Å². The first kappa shape index (κ1) is 26.7. The van der Waals surface area contributed by atoms with Gasteiger partial charge in [0.15, 0.2) is 5.65 Å². The maximum Gasteiger partial charge on any atom is 0.420 e. The number of rotatable bonds is 4. The molecule has 0 spiro atoms. The van der Waals surface area contributed by atoms with E-state index in [4.69, 9.17) is 0 Å². The van der Waals surface area contributed by atoms with Gasteiger partial charge >= 0.3 is 6.18 Å². The lowest BCUT2D eigenvalue weighted by molar-refractivity contribution is -0.136. The van der Waals surface area contributed by atoms with Gasteiger partial charge in [0.2, 0.25) is 5.91 Å². The fourth-order valence-corrected chi connectivity index (χ4v) is 7.23. The van der Waals surface area contributed by atoms with Gasteiger partial charge in [0, 0.05) is 51.5 Å². The van der Waals surface area contributed by atoms with Gasteiger partial charge in [0.25, 0.3) is 5.56 Å². The van der Waals surface area contributed by atoms with Crippen LogP contribution in [0, 0.1) is 5.92 Å². The summed E-state index contributed by atoms with van der Waals surface area (Å²) in [4.78, 5) is 33.9. The summed E-state index contributed by atoms with van der Waals surface area (Å²) in [6.07, 6.45) is 2.52. The average Bonchev–Trinajstić information content (AvgIpc) is 3.55. The summed E-state index contributed by atoms with van der Waals surface area (Å²) in [7, 11) is 1.91. The van der Waals surface area contributed by atoms with Gasteiger partial charge < -0.3 is 14.4 Å². The van der Waals surface area contributed by atoms with Crippen molar-refractivity contribution in [2.75, 3.05) is 24.5 Å². The van der Waals surface area contributed by atoms with Crippen LogP contribution in [0.1, 0.15) is 49.6 Å². The Morgan fingerprint density at radius 2 is 1.90 bits per heavy atom. The Labute approximate surface area is 239 Å². The summed E-state index contributed by atoms with van der Waals surface area (Å²) in [5.74, 6) is 1.41. The number of fused-ring (bicyclic) bond motifs is 2. The highest BCUT2D eigenvalue weighted by Crippen LogP contribution is 2.51. The normalized spacial score (nSPS) is 24.3. The van der Waals surface area contributed by atoms with Crippen molar-refractivity contribution >= 4 is 17.2 Å². The molecule has 9 nitrogen and oxygen atoms in total. The number of halogens is 3. The Morgan fingerprint density at radius 3 is 2.62 bits per heavy atom. The summed E-state index contributed by atoms with van der Waals surface area (Å²) < 4.78 is 45.8. The van der Waals surface area contributed by atoms with Gasteiger partial charge in [-0.3, -0.25) is 14.0 Å². The Balaban J connectivity index is 1.33. The second-order valence-corrected chi connectivity index (χ2v) is 11.9. The van der Waals surface area contributed by atoms with E-state index in [0.717, 1.165) is 34.7 Å². The molecular weight excluding hydrogens is 547 g/mol. The van der Waals surface area contributed by atoms with Crippen molar-refractivity contribution in [3.63, 3.8) is 0 Å². The van der Waals surface area contributed by atoms with E-state index >= 15 is 0 Å². The maximum absolute atomic E-state index is 14.3. The number of carbonyl (C=O) groups is 1. The van der Waals surface area contributed by atoms with E-state index in [2.05, 4.69) is 22.1 Å². The van der Waals surface area contributed by atoms with E-state index in [1.807, 2.05) is 34.7 Å². The van der Waals surface area contributed by atoms with Gasteiger partial charge in [-0.2, -0.15) is 13.2 Å². The Morgan fingerprint density at radius 1 is 1.10 bits per heavy atom. The Kier molecular flexibility index (Phi) is 5.97. The smallest absolute Gasteiger partial charge is 0.366 e. The minimum Gasteiger partial charge on any atom is -0.366 e. The molecular formula is C30H30F3N7O2. The van der Waals surface area contributed by atoms with Gasteiger partial charge in [-0.25, -0.2) is 4.98 Å². The van der Waals surface area contributed by atoms with Crippen molar-refractivity contribution in [3.05, 3.63) is 76.4 Å². The van der Waals surface area contributed by atoms with Crippen LogP contribution >= 0.6 is 0 Å². The SMILES string of the molecule is CC1CC(c2cccc(-c3cnc4c(C(F)(F)F)cc(N5CCN6C(=O)CCC6C5)cn4c3=O)c2)(c2nncn2C)C1. The molecule has 1 aliphatic carbocycles. The molecule has 2 aliphatic heterocycles. The van der Waals surface area contributed by atoms with Crippen molar-refractivity contribution in [2.45, 2.75) is 50.2 Å². The van der Waals surface area contributed by atoms with Crippen LogP contribution in [-0.4, -0.2) is 60.6 Å². The first-order valence-corrected chi connectivity index (χ1v) is 14.2. The second-order valence-electron chi connectivity index (χ2n) is 11.9. The molecule has 218 valence electrons. The summed E-state index contributed by atoms with van der Waals surface area (Å²) >= 11 is 0. The third kappa shape index (κ3) is 4.10. The molecule has 3 aliphatic rings. The molecule has 2 saturated heterocycles. The fourth-order valence-electron chi connectivity index (χ4n) is 7.23.